The van der Waals surface area contributed by atoms with Crippen molar-refractivity contribution >= 4 is 17.0 Å². The average Bonchev–Trinajstić information content (AvgIpc) is 2.53. The monoisotopic (exact) mass is 540 g/mol. The minimum Gasteiger partial charge on any atom is -0.683 e. The van der Waals surface area contributed by atoms with E-state index in [-0.39, 0.29) is 51.8 Å². The van der Waals surface area contributed by atoms with Crippen molar-refractivity contribution in [3.8, 4) is 0 Å². The van der Waals surface area contributed by atoms with Gasteiger partial charge in [0.05, 0.1) is 0 Å². The molecule has 0 bridgehead atoms. The summed E-state index contributed by atoms with van der Waals surface area (Å²) in [6.07, 6.45) is 0. The Morgan fingerprint density at radius 3 is 2.12 bits per heavy atom. The van der Waals surface area contributed by atoms with Crippen molar-refractivity contribution in [1.82, 2.24) is 0 Å². The summed E-state index contributed by atoms with van der Waals surface area (Å²) in [5, 5.41) is 4.49. The fourth-order valence-corrected chi connectivity index (χ4v) is 2.45. The third-order valence-corrected chi connectivity index (χ3v) is 3.60. The van der Waals surface area contributed by atoms with Crippen LogP contribution < -0.4 is 11.5 Å². The van der Waals surface area contributed by atoms with E-state index in [0.29, 0.717) is 17.8 Å². The van der Waals surface area contributed by atoms with E-state index in [4.69, 9.17) is 11.5 Å². The van der Waals surface area contributed by atoms with Gasteiger partial charge in [0.1, 0.15) is 0 Å². The van der Waals surface area contributed by atoms with Gasteiger partial charge in [0.2, 0.25) is 0 Å². The topological polar surface area (TPSA) is 83.2 Å². The minimum atomic E-state index is -0.187. The predicted molar refractivity (Wildman–Crippen MR) is 95.2 cm³/mol. The minimum absolute atomic E-state index is 0. The van der Waals surface area contributed by atoms with Crippen LogP contribution in [-0.4, -0.2) is 12.3 Å². The molecule has 2 rings (SSSR count). The maximum atomic E-state index is 11.7. The Balaban J connectivity index is 0.00000288. The van der Waals surface area contributed by atoms with Crippen molar-refractivity contribution in [2.75, 3.05) is 6.54 Å². The second kappa shape index (κ2) is 9.89. The van der Waals surface area contributed by atoms with Crippen LogP contribution in [0, 0.1) is 39.9 Å². The van der Waals surface area contributed by atoms with Gasteiger partial charge in [-0.1, -0.05) is 54.6 Å². The number of ketones is 1. The number of carbonyl (C=O) groups is 1. The van der Waals surface area contributed by atoms with E-state index < -0.39 is 0 Å². The van der Waals surface area contributed by atoms with Crippen LogP contribution in [0.25, 0.3) is 10.9 Å². The van der Waals surface area contributed by atoms with Crippen molar-refractivity contribution in [3.63, 3.8) is 0 Å². The molecule has 0 aromatic heterocycles. The van der Waals surface area contributed by atoms with Crippen molar-refractivity contribution in [2.45, 2.75) is 19.9 Å². The summed E-state index contributed by atoms with van der Waals surface area (Å²) >= 11 is 0. The van der Waals surface area contributed by atoms with E-state index in [0.717, 1.165) is 16.8 Å². The fraction of sp³-hybridized carbons (Fsp3) is 0.211. The Morgan fingerprint density at radius 2 is 1.62 bits per heavy atom. The smallest absolute Gasteiger partial charge is 0.162 e. The van der Waals surface area contributed by atoms with Crippen LogP contribution >= 0.6 is 0 Å². The molecule has 4 N–H and O–H groups in total. The molecule has 0 aliphatic carbocycles. The number of nitrogens with zero attached hydrogens (tertiary/aromatic N) is 1. The van der Waals surface area contributed by atoms with Crippen LogP contribution in [0.4, 0.5) is 5.69 Å². The van der Waals surface area contributed by atoms with Crippen molar-refractivity contribution in [1.29, 1.82) is 0 Å². The Labute approximate surface area is 175 Å². The Bertz CT molecular complexity index is 692. The van der Waals surface area contributed by atoms with Gasteiger partial charge in [-0.25, -0.2) is 0 Å². The molecular weight excluding hydrogens is 518 g/mol. The standard InChI is InChI=1S/C19H22N3O.Th/c1-13(20)19(14(2)23)16-10-8-15(9-11-16)18(21)12-22-17-6-4-3-5-7-17;/h3-11,18H,12,21H2,1-2H3,(H2,20,23);/q-1;/t18-;/m0./s1. The van der Waals surface area contributed by atoms with Crippen molar-refractivity contribution in [3.05, 3.63) is 76.7 Å². The van der Waals surface area contributed by atoms with E-state index in [1.807, 2.05) is 54.6 Å². The first-order valence-electron chi connectivity index (χ1n) is 7.54. The Morgan fingerprint density at radius 1 is 1.04 bits per heavy atom. The molecule has 24 heavy (non-hydrogen) atoms. The van der Waals surface area contributed by atoms with Gasteiger partial charge < -0.3 is 16.8 Å². The third kappa shape index (κ3) is 5.67. The van der Waals surface area contributed by atoms with E-state index in [1.165, 1.54) is 6.92 Å². The first kappa shape index (κ1) is 20.8. The molecule has 1 atom stereocenters. The molecule has 2 aromatic rings. The number of Topliss-reactive ketones (excluding diaryl/α,β-unsaturated/α-hetero) is 1. The fourth-order valence-electron chi connectivity index (χ4n) is 2.45. The van der Waals surface area contributed by atoms with Gasteiger partial charge in [-0.2, -0.15) is 0 Å². The molecule has 0 aliphatic heterocycles. The summed E-state index contributed by atoms with van der Waals surface area (Å²) in [5.41, 5.74) is 15.8. The first-order chi connectivity index (χ1) is 11.0. The Hall–Kier alpha value is -1.27. The average molecular weight is 540 g/mol. The predicted octanol–water partition coefficient (Wildman–Crippen LogP) is 3.67. The number of hydrogen-bond acceptors (Lipinski definition) is 3. The molecule has 5 heteroatoms. The SMILES string of the molecule is CC(=O)/C(=C(/C)N)c1ccc([C@@H](N)C[N-]c2ccccc2)cc1.[Th]. The number of carbonyl (C=O) groups excluding carboxylic acids is 1. The van der Waals surface area contributed by atoms with Gasteiger partial charge in [0.15, 0.2) is 5.78 Å². The zero-order valence-corrected chi connectivity index (χ0v) is 18.1. The molecule has 0 heterocycles. The van der Waals surface area contributed by atoms with E-state index in [2.05, 4.69) is 5.32 Å². The summed E-state index contributed by atoms with van der Waals surface area (Å²) in [6, 6.07) is 17.2. The first-order valence-corrected chi connectivity index (χ1v) is 7.54. The number of rotatable bonds is 6. The van der Waals surface area contributed by atoms with Gasteiger partial charge in [-0.15, -0.1) is 12.2 Å². The van der Waals surface area contributed by atoms with Crippen LogP contribution in [0.5, 0.6) is 0 Å². The van der Waals surface area contributed by atoms with E-state index in [9.17, 15) is 4.79 Å². The number of allylic oxidation sites excluding steroid dienone is 2. The second-order valence-electron chi connectivity index (χ2n) is 5.52. The molecule has 0 saturated carbocycles. The maximum Gasteiger partial charge on any atom is 0.162 e. The third-order valence-electron chi connectivity index (χ3n) is 3.60. The van der Waals surface area contributed by atoms with Crippen LogP contribution in [0.1, 0.15) is 31.0 Å². The number of benzene rings is 2. The zero-order chi connectivity index (χ0) is 16.8. The number of para-hydroxylation sites is 1. The van der Waals surface area contributed by atoms with Crippen LogP contribution in [-0.2, 0) is 4.79 Å². The summed E-state index contributed by atoms with van der Waals surface area (Å²) in [6.45, 7) is 3.76. The van der Waals surface area contributed by atoms with E-state index >= 15 is 0 Å². The quantitative estimate of drug-likeness (QED) is 0.549. The number of hydrogen-bond donors (Lipinski definition) is 2. The van der Waals surface area contributed by atoms with Crippen LogP contribution in [0.3, 0.4) is 0 Å². The van der Waals surface area contributed by atoms with Gasteiger partial charge in [0, 0.05) is 57.3 Å². The summed E-state index contributed by atoms with van der Waals surface area (Å²) in [7, 11) is 0. The largest absolute Gasteiger partial charge is 0.683 e. The molecule has 0 radical (unpaired) electrons. The second-order valence-corrected chi connectivity index (χ2v) is 5.52. The molecule has 0 spiro atoms. The molecule has 0 saturated heterocycles. The summed E-state index contributed by atoms with van der Waals surface area (Å²) in [4.78, 5) is 11.7. The molecule has 0 fully saturated rings. The molecular formula is C19H22N3OTh-. The Kier molecular flexibility index (Phi) is 8.56. The van der Waals surface area contributed by atoms with Gasteiger partial charge in [-0.05, 0) is 25.0 Å². The summed E-state index contributed by atoms with van der Waals surface area (Å²) < 4.78 is 0. The summed E-state index contributed by atoms with van der Waals surface area (Å²) in [5.74, 6) is -0.0406. The van der Waals surface area contributed by atoms with Crippen LogP contribution in [0.2, 0.25) is 0 Å². The molecule has 0 aliphatic rings. The number of nitrogens with two attached hydrogens (primary N) is 2. The maximum absolute atomic E-state index is 11.7. The molecule has 0 unspecified atom stereocenters. The van der Waals surface area contributed by atoms with Crippen molar-refractivity contribution in [2.24, 2.45) is 11.5 Å². The van der Waals surface area contributed by atoms with Gasteiger partial charge in [-0.3, -0.25) is 4.79 Å². The van der Waals surface area contributed by atoms with Gasteiger partial charge in [0.25, 0.3) is 0 Å². The molecule has 0 amide bonds. The van der Waals surface area contributed by atoms with Crippen molar-refractivity contribution < 1.29 is 44.7 Å². The molecule has 2 aromatic carbocycles. The normalized spacial score (nSPS) is 12.6. The van der Waals surface area contributed by atoms with E-state index in [1.54, 1.807) is 6.92 Å². The molecule has 4 nitrogen and oxygen atoms in total. The zero-order valence-electron chi connectivity index (χ0n) is 14.0. The van der Waals surface area contributed by atoms with Gasteiger partial charge >= 0.3 is 0 Å². The molecule has 124 valence electrons. The van der Waals surface area contributed by atoms with Crippen LogP contribution in [0.15, 0.2) is 60.3 Å².